The maximum Gasteiger partial charge on any atom is 0.326 e. The fourth-order valence-electron chi connectivity index (χ4n) is 2.70. The Morgan fingerprint density at radius 1 is 1.45 bits per heavy atom. The van der Waals surface area contributed by atoms with Gasteiger partial charge in [0.15, 0.2) is 0 Å². The number of aliphatic carboxylic acids is 1. The van der Waals surface area contributed by atoms with Gasteiger partial charge in [-0.15, -0.1) is 0 Å². The quantitative estimate of drug-likeness (QED) is 0.815. The Kier molecular flexibility index (Phi) is 4.38. The zero-order valence-corrected chi connectivity index (χ0v) is 12.3. The van der Waals surface area contributed by atoms with Gasteiger partial charge >= 0.3 is 5.97 Å². The number of carbonyl (C=O) groups is 2. The van der Waals surface area contributed by atoms with Crippen molar-refractivity contribution in [3.63, 3.8) is 0 Å². The molecule has 0 saturated carbocycles. The van der Waals surface area contributed by atoms with Crippen LogP contribution in [0.3, 0.4) is 0 Å². The zero-order valence-electron chi connectivity index (χ0n) is 11.5. The molecule has 20 heavy (non-hydrogen) atoms. The third kappa shape index (κ3) is 2.68. The van der Waals surface area contributed by atoms with Crippen molar-refractivity contribution < 1.29 is 14.7 Å². The summed E-state index contributed by atoms with van der Waals surface area (Å²) in [6.45, 7) is 2.04. The van der Waals surface area contributed by atoms with E-state index in [9.17, 15) is 9.59 Å². The van der Waals surface area contributed by atoms with Crippen LogP contribution < -0.4 is 0 Å². The van der Waals surface area contributed by atoms with Crippen molar-refractivity contribution in [1.29, 1.82) is 0 Å². The molecule has 0 aliphatic carbocycles. The van der Waals surface area contributed by atoms with Crippen molar-refractivity contribution in [3.8, 4) is 0 Å². The van der Waals surface area contributed by atoms with Gasteiger partial charge in [-0.2, -0.15) is 12.6 Å². The van der Waals surface area contributed by atoms with Gasteiger partial charge in [0.05, 0.1) is 5.41 Å². The predicted molar refractivity (Wildman–Crippen MR) is 79.9 cm³/mol. The molecular weight excluding hydrogens is 274 g/mol. The highest BCUT2D eigenvalue weighted by Crippen LogP contribution is 2.37. The minimum absolute atomic E-state index is 0.0914. The molecule has 0 radical (unpaired) electrons. The molecule has 0 bridgehead atoms. The van der Waals surface area contributed by atoms with Crippen LogP contribution in [0.4, 0.5) is 0 Å². The van der Waals surface area contributed by atoms with Crippen LogP contribution in [0.25, 0.3) is 0 Å². The van der Waals surface area contributed by atoms with Gasteiger partial charge in [0.1, 0.15) is 6.04 Å². The van der Waals surface area contributed by atoms with Gasteiger partial charge in [0.2, 0.25) is 5.91 Å². The molecule has 1 heterocycles. The van der Waals surface area contributed by atoms with E-state index >= 15 is 0 Å². The molecule has 1 aromatic rings. The van der Waals surface area contributed by atoms with Crippen molar-refractivity contribution >= 4 is 24.5 Å². The summed E-state index contributed by atoms with van der Waals surface area (Å²) in [4.78, 5) is 25.2. The number of nitrogens with zero attached hydrogens (tertiary/aromatic N) is 1. The Balaban J connectivity index is 2.20. The Labute approximate surface area is 124 Å². The topological polar surface area (TPSA) is 57.6 Å². The minimum Gasteiger partial charge on any atom is -0.480 e. The molecule has 1 aliphatic heterocycles. The van der Waals surface area contributed by atoms with Crippen LogP contribution in [0.5, 0.6) is 0 Å². The van der Waals surface area contributed by atoms with Crippen LogP contribution in [-0.2, 0) is 16.0 Å². The number of rotatable bonds is 5. The van der Waals surface area contributed by atoms with E-state index < -0.39 is 17.4 Å². The molecule has 108 valence electrons. The average molecular weight is 293 g/mol. The molecule has 0 spiro atoms. The second kappa shape index (κ2) is 5.87. The summed E-state index contributed by atoms with van der Waals surface area (Å²) in [7, 11) is 0. The highest BCUT2D eigenvalue weighted by molar-refractivity contribution is 7.80. The summed E-state index contributed by atoms with van der Waals surface area (Å²) in [6.07, 6.45) is 1.26. The number of thiol groups is 1. The van der Waals surface area contributed by atoms with E-state index in [1.807, 2.05) is 30.3 Å². The minimum atomic E-state index is -0.965. The van der Waals surface area contributed by atoms with Crippen LogP contribution in [-0.4, -0.2) is 40.2 Å². The van der Waals surface area contributed by atoms with Crippen LogP contribution in [0.2, 0.25) is 0 Å². The highest BCUT2D eigenvalue weighted by atomic mass is 32.1. The normalized spacial score (nSPS) is 23.9. The SMILES string of the molecule is C[C@@H](C(=O)O)N1CC[C@@](CS)(Cc2ccccc2)C1=O. The number of hydrogen-bond donors (Lipinski definition) is 2. The first-order chi connectivity index (χ1) is 9.50. The van der Waals surface area contributed by atoms with Gasteiger partial charge in [-0.05, 0) is 25.3 Å². The number of carboxylic acid groups (broad SMARTS) is 1. The lowest BCUT2D eigenvalue weighted by Gasteiger charge is -2.27. The third-order valence-electron chi connectivity index (χ3n) is 4.06. The predicted octanol–water partition coefficient (Wildman–Crippen LogP) is 1.85. The smallest absolute Gasteiger partial charge is 0.326 e. The van der Waals surface area contributed by atoms with Crippen molar-refractivity contribution in [2.75, 3.05) is 12.3 Å². The second-order valence-electron chi connectivity index (χ2n) is 5.36. The maximum atomic E-state index is 12.6. The van der Waals surface area contributed by atoms with Gasteiger partial charge in [0, 0.05) is 12.3 Å². The van der Waals surface area contributed by atoms with Gasteiger partial charge in [0.25, 0.3) is 0 Å². The Hall–Kier alpha value is -1.49. The summed E-state index contributed by atoms with van der Waals surface area (Å²) >= 11 is 4.36. The van der Waals surface area contributed by atoms with Crippen molar-refractivity contribution in [1.82, 2.24) is 4.90 Å². The van der Waals surface area contributed by atoms with Crippen LogP contribution >= 0.6 is 12.6 Å². The number of amides is 1. The monoisotopic (exact) mass is 293 g/mol. The molecule has 0 unspecified atom stereocenters. The van der Waals surface area contributed by atoms with Crippen LogP contribution in [0, 0.1) is 5.41 Å². The molecular formula is C15H19NO3S. The maximum absolute atomic E-state index is 12.6. The molecule has 1 saturated heterocycles. The number of carbonyl (C=O) groups excluding carboxylic acids is 1. The van der Waals surface area contributed by atoms with E-state index in [0.717, 1.165) is 5.56 Å². The van der Waals surface area contributed by atoms with Gasteiger partial charge < -0.3 is 10.0 Å². The Morgan fingerprint density at radius 2 is 2.10 bits per heavy atom. The molecule has 4 nitrogen and oxygen atoms in total. The molecule has 2 rings (SSSR count). The van der Waals surface area contributed by atoms with E-state index in [1.54, 1.807) is 6.92 Å². The van der Waals surface area contributed by atoms with E-state index in [-0.39, 0.29) is 5.91 Å². The van der Waals surface area contributed by atoms with E-state index in [1.165, 1.54) is 4.90 Å². The third-order valence-corrected chi connectivity index (χ3v) is 4.66. The molecule has 1 amide bonds. The number of hydrogen-bond acceptors (Lipinski definition) is 3. The number of likely N-dealkylation sites (tertiary alicyclic amines) is 1. The Morgan fingerprint density at radius 3 is 2.65 bits per heavy atom. The van der Waals surface area contributed by atoms with Gasteiger partial charge in [-0.25, -0.2) is 4.79 Å². The standard InChI is InChI=1S/C15H19NO3S/c1-11(13(17)18)16-8-7-15(10-20,14(16)19)9-12-5-3-2-4-6-12/h2-6,11,20H,7-10H2,1H3,(H,17,18)/t11-,15-/m0/s1. The Bertz CT molecular complexity index is 505. The fourth-order valence-corrected chi connectivity index (χ4v) is 3.11. The van der Waals surface area contributed by atoms with Crippen molar-refractivity contribution in [2.45, 2.75) is 25.8 Å². The molecule has 5 heteroatoms. The highest BCUT2D eigenvalue weighted by Gasteiger charge is 2.47. The fraction of sp³-hybridized carbons (Fsp3) is 0.467. The molecule has 1 N–H and O–H groups in total. The number of carboxylic acids is 1. The average Bonchev–Trinajstić information content (AvgIpc) is 2.77. The van der Waals surface area contributed by atoms with Crippen LogP contribution in [0.1, 0.15) is 18.9 Å². The van der Waals surface area contributed by atoms with Crippen molar-refractivity contribution in [3.05, 3.63) is 35.9 Å². The molecule has 1 aromatic carbocycles. The summed E-state index contributed by atoms with van der Waals surface area (Å²) in [6, 6.07) is 9.02. The van der Waals surface area contributed by atoms with E-state index in [4.69, 9.17) is 5.11 Å². The first-order valence-corrected chi connectivity index (χ1v) is 7.32. The first kappa shape index (κ1) is 14.9. The molecule has 1 fully saturated rings. The van der Waals surface area contributed by atoms with Crippen LogP contribution in [0.15, 0.2) is 30.3 Å². The molecule has 2 atom stereocenters. The zero-order chi connectivity index (χ0) is 14.8. The summed E-state index contributed by atoms with van der Waals surface area (Å²) in [5.41, 5.74) is 0.508. The second-order valence-corrected chi connectivity index (χ2v) is 5.68. The van der Waals surface area contributed by atoms with Gasteiger partial charge in [-0.3, -0.25) is 4.79 Å². The van der Waals surface area contributed by atoms with E-state index in [2.05, 4.69) is 12.6 Å². The summed E-state index contributed by atoms with van der Waals surface area (Å²) in [5, 5.41) is 9.08. The van der Waals surface area contributed by atoms with Gasteiger partial charge in [-0.1, -0.05) is 30.3 Å². The lowest BCUT2D eigenvalue weighted by Crippen LogP contribution is -2.44. The largest absolute Gasteiger partial charge is 0.480 e. The first-order valence-electron chi connectivity index (χ1n) is 6.69. The van der Waals surface area contributed by atoms with Crippen molar-refractivity contribution in [2.24, 2.45) is 5.41 Å². The lowest BCUT2D eigenvalue weighted by atomic mass is 9.82. The summed E-state index contributed by atoms with van der Waals surface area (Å²) in [5.74, 6) is -0.622. The molecule has 0 aromatic heterocycles. The molecule has 1 aliphatic rings. The lowest BCUT2D eigenvalue weighted by molar-refractivity contribution is -0.149. The number of benzene rings is 1. The summed E-state index contributed by atoms with van der Waals surface area (Å²) < 4.78 is 0. The van der Waals surface area contributed by atoms with E-state index in [0.29, 0.717) is 25.1 Å².